The molecule has 1 aliphatic rings. The van der Waals surface area contributed by atoms with Crippen molar-refractivity contribution in [1.29, 1.82) is 0 Å². The number of hydrogen-bond acceptors (Lipinski definition) is 2. The van der Waals surface area contributed by atoms with Crippen LogP contribution in [0.4, 0.5) is 0 Å². The summed E-state index contributed by atoms with van der Waals surface area (Å²) in [5, 5.41) is 12.7. The average Bonchev–Trinajstić information content (AvgIpc) is 2.47. The Morgan fingerprint density at radius 1 is 1.26 bits per heavy atom. The first-order chi connectivity index (χ1) is 9.25. The SMILES string of the molecule is O=C(CC1=CCCCC1)NCC(O)c1ccccc1. The minimum absolute atomic E-state index is 0.00290. The van der Waals surface area contributed by atoms with Crippen molar-refractivity contribution in [2.45, 2.75) is 38.2 Å². The zero-order valence-corrected chi connectivity index (χ0v) is 11.1. The van der Waals surface area contributed by atoms with E-state index < -0.39 is 6.10 Å². The number of nitrogens with one attached hydrogen (secondary N) is 1. The normalized spacial score (nSPS) is 16.6. The summed E-state index contributed by atoms with van der Waals surface area (Å²) in [6, 6.07) is 9.39. The predicted octanol–water partition coefficient (Wildman–Crippen LogP) is 2.73. The van der Waals surface area contributed by atoms with E-state index in [1.165, 1.54) is 18.4 Å². The molecule has 0 aromatic heterocycles. The highest BCUT2D eigenvalue weighted by atomic mass is 16.3. The van der Waals surface area contributed by atoms with E-state index in [1.54, 1.807) is 0 Å². The summed E-state index contributed by atoms with van der Waals surface area (Å²) in [6.45, 7) is 0.274. The topological polar surface area (TPSA) is 49.3 Å². The fourth-order valence-corrected chi connectivity index (χ4v) is 2.34. The number of carbonyl (C=O) groups is 1. The van der Waals surface area contributed by atoms with Crippen molar-refractivity contribution >= 4 is 5.91 Å². The van der Waals surface area contributed by atoms with Gasteiger partial charge in [-0.25, -0.2) is 0 Å². The van der Waals surface area contributed by atoms with Gasteiger partial charge in [-0.1, -0.05) is 42.0 Å². The highest BCUT2D eigenvalue weighted by Crippen LogP contribution is 2.20. The Morgan fingerprint density at radius 2 is 2.05 bits per heavy atom. The molecule has 1 aromatic rings. The zero-order valence-electron chi connectivity index (χ0n) is 11.1. The Hall–Kier alpha value is -1.61. The lowest BCUT2D eigenvalue weighted by molar-refractivity contribution is -0.120. The van der Waals surface area contributed by atoms with Gasteiger partial charge in [0.15, 0.2) is 0 Å². The zero-order chi connectivity index (χ0) is 13.5. The molecule has 0 saturated heterocycles. The van der Waals surface area contributed by atoms with Crippen molar-refractivity contribution < 1.29 is 9.90 Å². The summed E-state index contributed by atoms with van der Waals surface area (Å²) >= 11 is 0. The molecule has 0 spiro atoms. The van der Waals surface area contributed by atoms with Gasteiger partial charge in [-0.15, -0.1) is 0 Å². The molecule has 1 aromatic carbocycles. The number of benzene rings is 1. The van der Waals surface area contributed by atoms with Crippen LogP contribution in [0.15, 0.2) is 42.0 Å². The Morgan fingerprint density at radius 3 is 2.74 bits per heavy atom. The van der Waals surface area contributed by atoms with Gasteiger partial charge in [-0.2, -0.15) is 0 Å². The van der Waals surface area contributed by atoms with Crippen molar-refractivity contribution in [2.24, 2.45) is 0 Å². The van der Waals surface area contributed by atoms with Gasteiger partial charge >= 0.3 is 0 Å². The van der Waals surface area contributed by atoms with Crippen LogP contribution in [0.25, 0.3) is 0 Å². The molecule has 2 N–H and O–H groups in total. The number of amides is 1. The standard InChI is InChI=1S/C16H21NO2/c18-15(14-9-5-2-6-10-14)12-17-16(19)11-13-7-3-1-4-8-13/h2,5-7,9-10,15,18H,1,3-4,8,11-12H2,(H,17,19). The number of rotatable bonds is 5. The first kappa shape index (κ1) is 13.8. The maximum atomic E-state index is 11.8. The number of aliphatic hydroxyl groups excluding tert-OH is 1. The van der Waals surface area contributed by atoms with E-state index in [0.717, 1.165) is 18.4 Å². The van der Waals surface area contributed by atoms with Gasteiger partial charge in [-0.3, -0.25) is 4.79 Å². The molecule has 0 bridgehead atoms. The highest BCUT2D eigenvalue weighted by molar-refractivity contribution is 5.78. The minimum Gasteiger partial charge on any atom is -0.387 e. The fourth-order valence-electron chi connectivity index (χ4n) is 2.34. The van der Waals surface area contributed by atoms with Crippen molar-refractivity contribution in [2.75, 3.05) is 6.54 Å². The summed E-state index contributed by atoms with van der Waals surface area (Å²) < 4.78 is 0. The number of hydrogen-bond donors (Lipinski definition) is 2. The smallest absolute Gasteiger partial charge is 0.224 e. The third kappa shape index (κ3) is 4.52. The van der Waals surface area contributed by atoms with Crippen LogP contribution in [0.3, 0.4) is 0 Å². The van der Waals surface area contributed by atoms with Crippen LogP contribution in [-0.2, 0) is 4.79 Å². The Labute approximate surface area is 114 Å². The maximum absolute atomic E-state index is 11.8. The first-order valence-electron chi connectivity index (χ1n) is 6.93. The number of allylic oxidation sites excluding steroid dienone is 1. The van der Waals surface area contributed by atoms with E-state index >= 15 is 0 Å². The molecule has 0 heterocycles. The molecule has 1 unspecified atom stereocenters. The minimum atomic E-state index is -0.634. The summed E-state index contributed by atoms with van der Waals surface area (Å²) in [5.41, 5.74) is 2.07. The summed E-state index contributed by atoms with van der Waals surface area (Å²) in [6.07, 6.45) is 6.57. The molecule has 1 amide bonds. The Kier molecular flexibility index (Phi) is 5.16. The van der Waals surface area contributed by atoms with Crippen LogP contribution in [-0.4, -0.2) is 17.6 Å². The van der Waals surface area contributed by atoms with E-state index in [9.17, 15) is 9.90 Å². The van der Waals surface area contributed by atoms with Crippen molar-refractivity contribution in [3.63, 3.8) is 0 Å². The third-order valence-electron chi connectivity index (χ3n) is 3.45. The van der Waals surface area contributed by atoms with E-state index in [2.05, 4.69) is 11.4 Å². The summed E-state index contributed by atoms with van der Waals surface area (Å²) in [4.78, 5) is 11.8. The largest absolute Gasteiger partial charge is 0.387 e. The molecular weight excluding hydrogens is 238 g/mol. The molecule has 0 fully saturated rings. The molecule has 1 aliphatic carbocycles. The number of carbonyl (C=O) groups excluding carboxylic acids is 1. The van der Waals surface area contributed by atoms with Gasteiger partial charge in [-0.05, 0) is 31.2 Å². The van der Waals surface area contributed by atoms with Crippen molar-refractivity contribution in [3.05, 3.63) is 47.5 Å². The third-order valence-corrected chi connectivity index (χ3v) is 3.45. The second-order valence-corrected chi connectivity index (χ2v) is 5.02. The number of aliphatic hydroxyl groups is 1. The van der Waals surface area contributed by atoms with Crippen LogP contribution in [0.2, 0.25) is 0 Å². The first-order valence-corrected chi connectivity index (χ1v) is 6.93. The molecule has 19 heavy (non-hydrogen) atoms. The van der Waals surface area contributed by atoms with Crippen LogP contribution < -0.4 is 5.32 Å². The van der Waals surface area contributed by atoms with Crippen molar-refractivity contribution in [1.82, 2.24) is 5.32 Å². The summed E-state index contributed by atoms with van der Waals surface area (Å²) in [7, 11) is 0. The highest BCUT2D eigenvalue weighted by Gasteiger charge is 2.11. The van der Waals surface area contributed by atoms with E-state index in [4.69, 9.17) is 0 Å². The van der Waals surface area contributed by atoms with Crippen molar-refractivity contribution in [3.8, 4) is 0 Å². The van der Waals surface area contributed by atoms with E-state index in [-0.39, 0.29) is 12.5 Å². The second-order valence-electron chi connectivity index (χ2n) is 5.02. The monoisotopic (exact) mass is 259 g/mol. The van der Waals surface area contributed by atoms with Crippen LogP contribution >= 0.6 is 0 Å². The van der Waals surface area contributed by atoms with Crippen LogP contribution in [0, 0.1) is 0 Å². The average molecular weight is 259 g/mol. The molecule has 0 aliphatic heterocycles. The lowest BCUT2D eigenvalue weighted by Gasteiger charge is -2.14. The Balaban J connectivity index is 1.75. The molecule has 3 nitrogen and oxygen atoms in total. The van der Waals surface area contributed by atoms with Gasteiger partial charge in [0, 0.05) is 13.0 Å². The lowest BCUT2D eigenvalue weighted by Crippen LogP contribution is -2.28. The van der Waals surface area contributed by atoms with Gasteiger partial charge < -0.3 is 10.4 Å². The Bertz CT molecular complexity index is 439. The molecule has 0 saturated carbocycles. The van der Waals surface area contributed by atoms with Gasteiger partial charge in [0.05, 0.1) is 6.10 Å². The second kappa shape index (κ2) is 7.10. The van der Waals surface area contributed by atoms with Gasteiger partial charge in [0.2, 0.25) is 5.91 Å². The van der Waals surface area contributed by atoms with Crippen LogP contribution in [0.5, 0.6) is 0 Å². The molecule has 102 valence electrons. The molecular formula is C16H21NO2. The quantitative estimate of drug-likeness (QED) is 0.799. The maximum Gasteiger partial charge on any atom is 0.224 e. The molecule has 2 rings (SSSR count). The predicted molar refractivity (Wildman–Crippen MR) is 75.6 cm³/mol. The van der Waals surface area contributed by atoms with E-state index in [1.807, 2.05) is 30.3 Å². The fraction of sp³-hybridized carbons (Fsp3) is 0.438. The van der Waals surface area contributed by atoms with E-state index in [0.29, 0.717) is 6.42 Å². The molecule has 1 atom stereocenters. The summed E-state index contributed by atoms with van der Waals surface area (Å²) in [5.74, 6) is 0.00290. The molecule has 3 heteroatoms. The van der Waals surface area contributed by atoms with Crippen LogP contribution in [0.1, 0.15) is 43.8 Å². The molecule has 0 radical (unpaired) electrons. The lowest BCUT2D eigenvalue weighted by atomic mass is 9.97. The van der Waals surface area contributed by atoms with Gasteiger partial charge in [0.25, 0.3) is 0 Å². The van der Waals surface area contributed by atoms with Gasteiger partial charge in [0.1, 0.15) is 0 Å².